The molecule has 3 nitrogen and oxygen atoms in total. The van der Waals surface area contributed by atoms with Crippen LogP contribution in [0.15, 0.2) is 30.4 Å². The minimum absolute atomic E-state index is 0.102. The van der Waals surface area contributed by atoms with E-state index in [2.05, 4.69) is 34.5 Å². The standard InChI is InChI=1S/C10H9ClINO2/c1-6(10(14)15)5-13-9-4-7(12)2-3-8(9)11/h2-4,13H,1,5H2,(H,14,15). The third kappa shape index (κ3) is 3.71. The van der Waals surface area contributed by atoms with Crippen LogP contribution >= 0.6 is 34.2 Å². The number of carbonyl (C=O) groups is 1. The van der Waals surface area contributed by atoms with E-state index in [9.17, 15) is 4.79 Å². The first kappa shape index (κ1) is 12.3. The number of aliphatic carboxylic acids is 1. The summed E-state index contributed by atoms with van der Waals surface area (Å²) in [6.07, 6.45) is 0. The summed E-state index contributed by atoms with van der Waals surface area (Å²) in [6, 6.07) is 5.48. The van der Waals surface area contributed by atoms with Crippen molar-refractivity contribution < 1.29 is 9.90 Å². The van der Waals surface area contributed by atoms with Crippen LogP contribution in [0.1, 0.15) is 0 Å². The van der Waals surface area contributed by atoms with E-state index in [1.807, 2.05) is 12.1 Å². The van der Waals surface area contributed by atoms with E-state index < -0.39 is 5.97 Å². The number of halogens is 2. The highest BCUT2D eigenvalue weighted by atomic mass is 127. The molecule has 0 amide bonds. The van der Waals surface area contributed by atoms with Crippen molar-refractivity contribution in [1.82, 2.24) is 0 Å². The van der Waals surface area contributed by atoms with Crippen molar-refractivity contribution in [3.05, 3.63) is 38.9 Å². The molecule has 0 radical (unpaired) electrons. The van der Waals surface area contributed by atoms with Crippen molar-refractivity contribution in [2.75, 3.05) is 11.9 Å². The topological polar surface area (TPSA) is 49.3 Å². The number of nitrogens with one attached hydrogen (secondary N) is 1. The Labute approximate surface area is 106 Å². The lowest BCUT2D eigenvalue weighted by atomic mass is 10.2. The molecule has 1 aromatic rings. The van der Waals surface area contributed by atoms with Crippen LogP contribution in [0.25, 0.3) is 0 Å². The second-order valence-corrected chi connectivity index (χ2v) is 4.54. The van der Waals surface area contributed by atoms with Gasteiger partial charge in [-0.1, -0.05) is 18.2 Å². The molecule has 0 heterocycles. The Bertz CT molecular complexity index is 406. The lowest BCUT2D eigenvalue weighted by molar-refractivity contribution is -0.132. The number of anilines is 1. The van der Waals surface area contributed by atoms with Crippen LogP contribution in [-0.4, -0.2) is 17.6 Å². The van der Waals surface area contributed by atoms with Crippen LogP contribution in [0.4, 0.5) is 5.69 Å². The molecule has 1 rings (SSSR count). The maximum atomic E-state index is 10.5. The van der Waals surface area contributed by atoms with Crippen molar-refractivity contribution in [3.8, 4) is 0 Å². The van der Waals surface area contributed by atoms with E-state index in [0.29, 0.717) is 10.7 Å². The zero-order valence-electron chi connectivity index (χ0n) is 7.76. The number of carboxylic acids is 1. The molecule has 0 bridgehead atoms. The van der Waals surface area contributed by atoms with Gasteiger partial charge in [0.15, 0.2) is 0 Å². The van der Waals surface area contributed by atoms with Gasteiger partial charge in [0.05, 0.1) is 10.7 Å². The first-order valence-corrected chi connectivity index (χ1v) is 5.56. The molecule has 0 atom stereocenters. The minimum atomic E-state index is -1.01. The maximum absolute atomic E-state index is 10.5. The lowest BCUT2D eigenvalue weighted by Crippen LogP contribution is -2.11. The molecule has 0 saturated carbocycles. The van der Waals surface area contributed by atoms with E-state index >= 15 is 0 Å². The molecule has 0 saturated heterocycles. The molecule has 0 aromatic heterocycles. The van der Waals surface area contributed by atoms with Gasteiger partial charge in [-0.25, -0.2) is 4.79 Å². The van der Waals surface area contributed by atoms with Crippen molar-refractivity contribution in [2.24, 2.45) is 0 Å². The number of hydrogen-bond donors (Lipinski definition) is 2. The van der Waals surface area contributed by atoms with Crippen LogP contribution in [0.5, 0.6) is 0 Å². The molecule has 0 aliphatic heterocycles. The fourth-order valence-electron chi connectivity index (χ4n) is 0.910. The number of hydrogen-bond acceptors (Lipinski definition) is 2. The van der Waals surface area contributed by atoms with Crippen LogP contribution in [0, 0.1) is 3.57 Å². The monoisotopic (exact) mass is 337 g/mol. The Morgan fingerprint density at radius 2 is 2.27 bits per heavy atom. The number of benzene rings is 1. The molecule has 5 heteroatoms. The van der Waals surface area contributed by atoms with E-state index in [0.717, 1.165) is 3.57 Å². The fraction of sp³-hybridized carbons (Fsp3) is 0.100. The average molecular weight is 338 g/mol. The molecule has 2 N–H and O–H groups in total. The summed E-state index contributed by atoms with van der Waals surface area (Å²) in [5, 5.41) is 12.1. The van der Waals surface area contributed by atoms with Crippen molar-refractivity contribution in [1.29, 1.82) is 0 Å². The summed E-state index contributed by atoms with van der Waals surface area (Å²) < 4.78 is 1.03. The molecule has 0 aliphatic rings. The quantitative estimate of drug-likeness (QED) is 0.656. The third-order valence-electron chi connectivity index (χ3n) is 1.72. The van der Waals surface area contributed by atoms with Gasteiger partial charge in [0, 0.05) is 15.7 Å². The van der Waals surface area contributed by atoms with E-state index in [1.165, 1.54) is 0 Å². The summed E-state index contributed by atoms with van der Waals surface area (Å²) in [7, 11) is 0. The molecule has 1 aromatic carbocycles. The summed E-state index contributed by atoms with van der Waals surface area (Å²) in [5.74, 6) is -1.01. The van der Waals surface area contributed by atoms with Gasteiger partial charge in [-0.2, -0.15) is 0 Å². The second kappa shape index (κ2) is 5.37. The molecular weight excluding hydrogens is 328 g/mol. The highest BCUT2D eigenvalue weighted by Crippen LogP contribution is 2.23. The number of carboxylic acid groups (broad SMARTS) is 1. The van der Waals surface area contributed by atoms with Gasteiger partial charge in [-0.3, -0.25) is 0 Å². The molecule has 0 fully saturated rings. The van der Waals surface area contributed by atoms with Gasteiger partial charge in [-0.15, -0.1) is 0 Å². The molecule has 15 heavy (non-hydrogen) atoms. The SMILES string of the molecule is C=C(CNc1cc(I)ccc1Cl)C(=O)O. The van der Waals surface area contributed by atoms with Crippen molar-refractivity contribution in [3.63, 3.8) is 0 Å². The first-order chi connectivity index (χ1) is 7.00. The summed E-state index contributed by atoms with van der Waals surface area (Å²) in [6.45, 7) is 3.59. The second-order valence-electron chi connectivity index (χ2n) is 2.89. The van der Waals surface area contributed by atoms with Gasteiger partial charge < -0.3 is 10.4 Å². The molecule has 0 aliphatic carbocycles. The summed E-state index contributed by atoms with van der Waals surface area (Å²) in [5.41, 5.74) is 0.816. The Morgan fingerprint density at radius 3 is 2.87 bits per heavy atom. The van der Waals surface area contributed by atoms with Crippen LogP contribution in [0.2, 0.25) is 5.02 Å². The van der Waals surface area contributed by atoms with Gasteiger partial charge in [0.1, 0.15) is 0 Å². The smallest absolute Gasteiger partial charge is 0.332 e. The number of rotatable bonds is 4. The highest BCUT2D eigenvalue weighted by molar-refractivity contribution is 14.1. The van der Waals surface area contributed by atoms with Crippen LogP contribution in [-0.2, 0) is 4.79 Å². The van der Waals surface area contributed by atoms with Crippen LogP contribution in [0.3, 0.4) is 0 Å². The van der Waals surface area contributed by atoms with Crippen molar-refractivity contribution >= 4 is 45.8 Å². The maximum Gasteiger partial charge on any atom is 0.332 e. The van der Waals surface area contributed by atoms with E-state index in [-0.39, 0.29) is 12.1 Å². The molecule has 0 spiro atoms. The predicted octanol–water partition coefficient (Wildman–Crippen LogP) is 3.00. The van der Waals surface area contributed by atoms with E-state index in [4.69, 9.17) is 16.7 Å². The van der Waals surface area contributed by atoms with Gasteiger partial charge in [0.25, 0.3) is 0 Å². The first-order valence-electron chi connectivity index (χ1n) is 4.10. The predicted molar refractivity (Wildman–Crippen MR) is 69.4 cm³/mol. The Balaban J connectivity index is 2.69. The zero-order valence-corrected chi connectivity index (χ0v) is 10.7. The van der Waals surface area contributed by atoms with Gasteiger partial charge in [0.2, 0.25) is 0 Å². The molecule has 0 unspecified atom stereocenters. The van der Waals surface area contributed by atoms with Crippen LogP contribution < -0.4 is 5.32 Å². The van der Waals surface area contributed by atoms with Gasteiger partial charge >= 0.3 is 5.97 Å². The lowest BCUT2D eigenvalue weighted by Gasteiger charge is -2.08. The third-order valence-corrected chi connectivity index (χ3v) is 2.72. The Hall–Kier alpha value is -0.750. The van der Waals surface area contributed by atoms with E-state index in [1.54, 1.807) is 6.07 Å². The largest absolute Gasteiger partial charge is 0.478 e. The molecule has 80 valence electrons. The van der Waals surface area contributed by atoms with Crippen molar-refractivity contribution in [2.45, 2.75) is 0 Å². The summed E-state index contributed by atoms with van der Waals surface area (Å²) >= 11 is 8.07. The fourth-order valence-corrected chi connectivity index (χ4v) is 1.59. The zero-order chi connectivity index (χ0) is 11.4. The normalized spacial score (nSPS) is 9.73. The molecular formula is C10H9ClINO2. The Kier molecular flexibility index (Phi) is 4.41. The Morgan fingerprint density at radius 1 is 1.60 bits per heavy atom. The summed E-state index contributed by atoms with van der Waals surface area (Å²) in [4.78, 5) is 10.5. The average Bonchev–Trinajstić information content (AvgIpc) is 2.18. The van der Waals surface area contributed by atoms with Gasteiger partial charge in [-0.05, 0) is 40.8 Å². The highest BCUT2D eigenvalue weighted by Gasteiger charge is 2.05. The minimum Gasteiger partial charge on any atom is -0.478 e.